The lowest BCUT2D eigenvalue weighted by Gasteiger charge is -2.12. The van der Waals surface area contributed by atoms with Crippen molar-refractivity contribution in [1.29, 1.82) is 0 Å². The predicted molar refractivity (Wildman–Crippen MR) is 99.7 cm³/mol. The van der Waals surface area contributed by atoms with E-state index in [0.29, 0.717) is 0 Å². The van der Waals surface area contributed by atoms with Crippen LogP contribution in [0.3, 0.4) is 0 Å². The van der Waals surface area contributed by atoms with Gasteiger partial charge in [0.05, 0.1) is 5.69 Å². The second-order valence-electron chi connectivity index (χ2n) is 4.82. The minimum Gasteiger partial charge on any atom is -0.378 e. The molecule has 0 amide bonds. The Morgan fingerprint density at radius 3 is 2.41 bits per heavy atom. The Balaban J connectivity index is 0.00000176. The highest BCUT2D eigenvalue weighted by atomic mass is 79.9. The lowest BCUT2D eigenvalue weighted by molar-refractivity contribution is 1.13. The molecule has 4 nitrogen and oxygen atoms in total. The topological polar surface area (TPSA) is 41.0 Å². The van der Waals surface area contributed by atoms with Crippen LogP contribution < -0.4 is 10.2 Å². The van der Waals surface area contributed by atoms with Crippen LogP contribution in [-0.4, -0.2) is 24.1 Å². The van der Waals surface area contributed by atoms with Gasteiger partial charge in [-0.25, -0.2) is 4.98 Å². The maximum absolute atomic E-state index is 4.57. The molecule has 0 aliphatic carbocycles. The standard InChI is InChI=1S/C16H16N4S.BrH/c1-20(2)13-8-6-12(7-9-13)18-16-19-15(11-21-16)14-5-3-4-10-17-14;/h3-11H,1-2H3,(H,18,19);1H. The van der Waals surface area contributed by atoms with Crippen LogP contribution in [0.5, 0.6) is 0 Å². The molecule has 0 atom stereocenters. The summed E-state index contributed by atoms with van der Waals surface area (Å²) in [5, 5.41) is 6.20. The second kappa shape index (κ2) is 7.38. The Labute approximate surface area is 144 Å². The van der Waals surface area contributed by atoms with Crippen molar-refractivity contribution in [3.8, 4) is 11.4 Å². The molecule has 2 aromatic heterocycles. The summed E-state index contributed by atoms with van der Waals surface area (Å²) in [5.74, 6) is 0. The molecule has 0 radical (unpaired) electrons. The molecule has 6 heteroatoms. The molecule has 1 N–H and O–H groups in total. The van der Waals surface area contributed by atoms with Crippen LogP contribution in [0.25, 0.3) is 11.4 Å². The minimum absolute atomic E-state index is 0. The van der Waals surface area contributed by atoms with Gasteiger partial charge >= 0.3 is 0 Å². The zero-order chi connectivity index (χ0) is 14.7. The van der Waals surface area contributed by atoms with Crippen molar-refractivity contribution in [1.82, 2.24) is 9.97 Å². The van der Waals surface area contributed by atoms with Gasteiger partial charge in [-0.15, -0.1) is 28.3 Å². The molecule has 2 heterocycles. The van der Waals surface area contributed by atoms with Crippen molar-refractivity contribution < 1.29 is 0 Å². The molecule has 3 aromatic rings. The average Bonchev–Trinajstić information content (AvgIpc) is 2.97. The summed E-state index contributed by atoms with van der Waals surface area (Å²) < 4.78 is 0. The van der Waals surface area contributed by atoms with Gasteiger partial charge in [-0.3, -0.25) is 4.98 Å². The number of pyridine rings is 1. The number of nitrogens with one attached hydrogen (secondary N) is 1. The summed E-state index contributed by atoms with van der Waals surface area (Å²) in [4.78, 5) is 11.0. The van der Waals surface area contributed by atoms with Gasteiger partial charge in [-0.05, 0) is 36.4 Å². The Hall–Kier alpha value is -1.92. The fourth-order valence-electron chi connectivity index (χ4n) is 1.93. The quantitative estimate of drug-likeness (QED) is 0.722. The number of benzene rings is 1. The number of hydrogen-bond donors (Lipinski definition) is 1. The molecule has 3 rings (SSSR count). The van der Waals surface area contributed by atoms with E-state index >= 15 is 0 Å². The van der Waals surface area contributed by atoms with Gasteiger partial charge in [0.15, 0.2) is 5.13 Å². The molecule has 114 valence electrons. The fraction of sp³-hybridized carbons (Fsp3) is 0.125. The first-order valence-electron chi connectivity index (χ1n) is 6.64. The number of thiazole rings is 1. The molecule has 0 spiro atoms. The van der Waals surface area contributed by atoms with E-state index in [1.807, 2.05) is 37.7 Å². The SMILES string of the molecule is Br.CN(C)c1ccc(Nc2nc(-c3ccccn3)cs2)cc1. The van der Waals surface area contributed by atoms with E-state index in [1.165, 1.54) is 5.69 Å². The summed E-state index contributed by atoms with van der Waals surface area (Å²) in [7, 11) is 4.06. The van der Waals surface area contributed by atoms with Crippen molar-refractivity contribution in [2.75, 3.05) is 24.3 Å². The molecule has 0 saturated carbocycles. The first-order valence-corrected chi connectivity index (χ1v) is 7.52. The van der Waals surface area contributed by atoms with Gasteiger partial charge in [0.25, 0.3) is 0 Å². The maximum Gasteiger partial charge on any atom is 0.187 e. The van der Waals surface area contributed by atoms with E-state index in [2.05, 4.69) is 44.5 Å². The molecule has 1 aromatic carbocycles. The molecular formula is C16H17BrN4S. The fourth-order valence-corrected chi connectivity index (χ4v) is 2.65. The third-order valence-corrected chi connectivity index (χ3v) is 3.82. The molecule has 0 aliphatic heterocycles. The van der Waals surface area contributed by atoms with Crippen LogP contribution in [0.15, 0.2) is 54.0 Å². The van der Waals surface area contributed by atoms with E-state index in [4.69, 9.17) is 0 Å². The van der Waals surface area contributed by atoms with Gasteiger partial charge in [0, 0.05) is 37.0 Å². The number of aromatic nitrogens is 2. The first kappa shape index (κ1) is 16.5. The van der Waals surface area contributed by atoms with Gasteiger partial charge in [0.2, 0.25) is 0 Å². The Morgan fingerprint density at radius 1 is 1.00 bits per heavy atom. The van der Waals surface area contributed by atoms with E-state index < -0.39 is 0 Å². The monoisotopic (exact) mass is 376 g/mol. The number of halogens is 1. The van der Waals surface area contributed by atoms with Gasteiger partial charge in [-0.1, -0.05) is 6.07 Å². The average molecular weight is 377 g/mol. The van der Waals surface area contributed by atoms with Gasteiger partial charge in [-0.2, -0.15) is 0 Å². The molecule has 22 heavy (non-hydrogen) atoms. The second-order valence-corrected chi connectivity index (χ2v) is 5.68. The summed E-state index contributed by atoms with van der Waals surface area (Å²) in [6.07, 6.45) is 1.78. The first-order chi connectivity index (χ1) is 10.2. The Morgan fingerprint density at radius 2 is 1.77 bits per heavy atom. The third kappa shape index (κ3) is 3.84. The summed E-state index contributed by atoms with van der Waals surface area (Å²) in [6, 6.07) is 14.1. The largest absolute Gasteiger partial charge is 0.378 e. The van der Waals surface area contributed by atoms with E-state index in [9.17, 15) is 0 Å². The van der Waals surface area contributed by atoms with Gasteiger partial charge < -0.3 is 10.2 Å². The summed E-state index contributed by atoms with van der Waals surface area (Å²) in [5.41, 5.74) is 3.99. The van der Waals surface area contributed by atoms with Crippen LogP contribution in [0, 0.1) is 0 Å². The van der Waals surface area contributed by atoms with E-state index in [0.717, 1.165) is 22.2 Å². The van der Waals surface area contributed by atoms with Crippen LogP contribution in [0.1, 0.15) is 0 Å². The summed E-state index contributed by atoms with van der Waals surface area (Å²) >= 11 is 1.58. The highest BCUT2D eigenvalue weighted by Gasteiger charge is 2.05. The molecular weight excluding hydrogens is 360 g/mol. The van der Waals surface area contributed by atoms with Crippen LogP contribution in [-0.2, 0) is 0 Å². The number of anilines is 3. The van der Waals surface area contributed by atoms with Crippen molar-refractivity contribution in [3.63, 3.8) is 0 Å². The Kier molecular flexibility index (Phi) is 5.51. The third-order valence-electron chi connectivity index (χ3n) is 3.07. The van der Waals surface area contributed by atoms with Crippen LogP contribution >= 0.6 is 28.3 Å². The zero-order valence-corrected chi connectivity index (χ0v) is 14.9. The van der Waals surface area contributed by atoms with Crippen molar-refractivity contribution in [2.45, 2.75) is 0 Å². The summed E-state index contributed by atoms with van der Waals surface area (Å²) in [6.45, 7) is 0. The number of nitrogens with zero attached hydrogens (tertiary/aromatic N) is 3. The highest BCUT2D eigenvalue weighted by Crippen LogP contribution is 2.26. The van der Waals surface area contributed by atoms with Crippen molar-refractivity contribution >= 4 is 44.8 Å². The maximum atomic E-state index is 4.57. The molecule has 0 unspecified atom stereocenters. The molecule has 0 aliphatic rings. The van der Waals surface area contributed by atoms with E-state index in [-0.39, 0.29) is 17.0 Å². The normalized spacial score (nSPS) is 9.91. The van der Waals surface area contributed by atoms with E-state index in [1.54, 1.807) is 17.5 Å². The van der Waals surface area contributed by atoms with Crippen LogP contribution in [0.2, 0.25) is 0 Å². The number of rotatable bonds is 4. The zero-order valence-electron chi connectivity index (χ0n) is 12.4. The minimum atomic E-state index is 0. The van der Waals surface area contributed by atoms with Crippen LogP contribution in [0.4, 0.5) is 16.5 Å². The smallest absolute Gasteiger partial charge is 0.187 e. The molecule has 0 fully saturated rings. The van der Waals surface area contributed by atoms with Crippen molar-refractivity contribution in [2.24, 2.45) is 0 Å². The molecule has 0 bridgehead atoms. The number of hydrogen-bond acceptors (Lipinski definition) is 5. The lowest BCUT2D eigenvalue weighted by Crippen LogP contribution is -2.08. The molecule has 0 saturated heterocycles. The highest BCUT2D eigenvalue weighted by molar-refractivity contribution is 8.93. The lowest BCUT2D eigenvalue weighted by atomic mass is 10.2. The van der Waals surface area contributed by atoms with Gasteiger partial charge in [0.1, 0.15) is 5.69 Å². The predicted octanol–water partition coefficient (Wildman–Crippen LogP) is 4.59. The Bertz CT molecular complexity index is 711. The van der Waals surface area contributed by atoms with Crippen molar-refractivity contribution in [3.05, 3.63) is 54.0 Å².